The zero-order chi connectivity index (χ0) is 18.1. The highest BCUT2D eigenvalue weighted by atomic mass is 32.2. The van der Waals surface area contributed by atoms with Crippen molar-refractivity contribution >= 4 is 39.7 Å². The summed E-state index contributed by atoms with van der Waals surface area (Å²) < 4.78 is 14.3. The Morgan fingerprint density at radius 1 is 1.27 bits per heavy atom. The molecule has 8 heteroatoms. The second kappa shape index (κ2) is 6.97. The van der Waals surface area contributed by atoms with Crippen LogP contribution in [0.15, 0.2) is 62.9 Å². The molecule has 6 nitrogen and oxygen atoms in total. The molecule has 4 rings (SSSR count). The van der Waals surface area contributed by atoms with E-state index in [0.717, 1.165) is 26.7 Å². The van der Waals surface area contributed by atoms with Gasteiger partial charge in [0.2, 0.25) is 5.13 Å². The molecule has 0 aliphatic carbocycles. The van der Waals surface area contributed by atoms with E-state index in [9.17, 15) is 4.79 Å². The highest BCUT2D eigenvalue weighted by Gasteiger charge is 2.18. The molecule has 1 atom stereocenters. The third-order valence-corrected chi connectivity index (χ3v) is 5.85. The Hall–Kier alpha value is -2.58. The maximum Gasteiger partial charge on any atom is 0.420 e. The minimum absolute atomic E-state index is 0.109. The third-order valence-electron chi connectivity index (χ3n) is 4.19. The van der Waals surface area contributed by atoms with Gasteiger partial charge in [-0.2, -0.15) is 4.37 Å². The number of fused-ring (bicyclic) bond motifs is 1. The lowest BCUT2D eigenvalue weighted by molar-refractivity contribution is 0.489. The van der Waals surface area contributed by atoms with Gasteiger partial charge in [0, 0.05) is 16.4 Å². The molecular formula is C18H16N4O2S2. The largest absolute Gasteiger partial charge is 0.420 e. The number of benzene rings is 2. The number of nitrogens with one attached hydrogen (secondary N) is 1. The van der Waals surface area contributed by atoms with E-state index >= 15 is 0 Å². The van der Waals surface area contributed by atoms with Crippen molar-refractivity contribution in [3.63, 3.8) is 0 Å². The molecule has 132 valence electrons. The van der Waals surface area contributed by atoms with Crippen LogP contribution in [0.1, 0.15) is 24.1 Å². The molecular weight excluding hydrogens is 368 g/mol. The number of aromatic nitrogens is 3. The molecule has 0 radical (unpaired) electrons. The van der Waals surface area contributed by atoms with Crippen LogP contribution >= 0.6 is 23.5 Å². The topological polar surface area (TPSA) is 73.0 Å². The normalized spacial score (nSPS) is 12.4. The molecule has 0 aliphatic rings. The highest BCUT2D eigenvalue weighted by Crippen LogP contribution is 2.30. The van der Waals surface area contributed by atoms with Gasteiger partial charge in [-0.1, -0.05) is 30.3 Å². The van der Waals surface area contributed by atoms with Crippen LogP contribution < -0.4 is 10.5 Å². The molecule has 2 aromatic carbocycles. The average Bonchev–Trinajstić information content (AvgIpc) is 3.27. The van der Waals surface area contributed by atoms with Gasteiger partial charge >= 0.3 is 5.76 Å². The lowest BCUT2D eigenvalue weighted by Crippen LogP contribution is -2.19. The summed E-state index contributed by atoms with van der Waals surface area (Å²) in [5, 5.41) is 0.728. The van der Waals surface area contributed by atoms with Gasteiger partial charge in [0.25, 0.3) is 0 Å². The smallest absolute Gasteiger partial charge is 0.408 e. The summed E-state index contributed by atoms with van der Waals surface area (Å²) in [7, 11) is 0. The molecule has 26 heavy (non-hydrogen) atoms. The van der Waals surface area contributed by atoms with Gasteiger partial charge in [0.1, 0.15) is 6.33 Å². The average molecular weight is 384 g/mol. The van der Waals surface area contributed by atoms with Crippen LogP contribution in [-0.4, -0.2) is 13.9 Å². The van der Waals surface area contributed by atoms with Crippen molar-refractivity contribution in [2.45, 2.75) is 24.8 Å². The number of nitrogens with zero attached hydrogens (tertiary/aromatic N) is 3. The standard InChI is InChI=1S/C18H16N4O2S2/c1-11-8-14-15(9-16(11)25-21-17-19-10-20-26-17)24-18(23)22(14)12(2)13-6-4-3-5-7-13/h3-10,12H,1-2H3,(H,19,20,21)/t12-/m1/s1. The van der Waals surface area contributed by atoms with Gasteiger partial charge in [0.05, 0.1) is 11.6 Å². The highest BCUT2D eigenvalue weighted by molar-refractivity contribution is 8.00. The minimum atomic E-state index is -0.352. The number of hydrogen-bond acceptors (Lipinski definition) is 7. The third kappa shape index (κ3) is 3.13. The Bertz CT molecular complexity index is 1090. The Morgan fingerprint density at radius 3 is 2.81 bits per heavy atom. The van der Waals surface area contributed by atoms with E-state index in [2.05, 4.69) is 14.1 Å². The maximum atomic E-state index is 12.5. The Morgan fingerprint density at radius 2 is 2.08 bits per heavy atom. The summed E-state index contributed by atoms with van der Waals surface area (Å²) in [6.45, 7) is 4.01. The summed E-state index contributed by atoms with van der Waals surface area (Å²) in [4.78, 5) is 17.5. The second-order valence-corrected chi connectivity index (χ2v) is 7.49. The molecule has 4 aromatic rings. The zero-order valence-electron chi connectivity index (χ0n) is 14.2. The second-order valence-electron chi connectivity index (χ2n) is 5.86. The van der Waals surface area contributed by atoms with Gasteiger partial charge in [0.15, 0.2) is 5.58 Å². The van der Waals surface area contributed by atoms with Crippen LogP contribution in [0.3, 0.4) is 0 Å². The summed E-state index contributed by atoms with van der Waals surface area (Å²) >= 11 is 2.72. The number of hydrogen-bond donors (Lipinski definition) is 1. The predicted octanol–water partition coefficient (Wildman–Crippen LogP) is 4.48. The van der Waals surface area contributed by atoms with Crippen molar-refractivity contribution < 1.29 is 4.42 Å². The van der Waals surface area contributed by atoms with E-state index < -0.39 is 0 Å². The first kappa shape index (κ1) is 16.9. The van der Waals surface area contributed by atoms with Crippen molar-refractivity contribution in [1.29, 1.82) is 0 Å². The van der Waals surface area contributed by atoms with Gasteiger partial charge in [-0.25, -0.2) is 9.78 Å². The first-order chi connectivity index (χ1) is 12.6. The van der Waals surface area contributed by atoms with E-state index in [1.165, 1.54) is 29.8 Å². The molecule has 0 unspecified atom stereocenters. The molecule has 2 heterocycles. The van der Waals surface area contributed by atoms with Crippen molar-refractivity contribution in [1.82, 2.24) is 13.9 Å². The van der Waals surface area contributed by atoms with Crippen LogP contribution in [0.4, 0.5) is 5.13 Å². The molecule has 0 saturated heterocycles. The molecule has 0 spiro atoms. The lowest BCUT2D eigenvalue weighted by atomic mass is 10.1. The molecule has 0 bridgehead atoms. The summed E-state index contributed by atoms with van der Waals surface area (Å²) in [5.41, 5.74) is 3.48. The number of aryl methyl sites for hydroxylation is 1. The van der Waals surface area contributed by atoms with Crippen molar-refractivity contribution in [2.24, 2.45) is 0 Å². The SMILES string of the molecule is Cc1cc2c(cc1SNc1ncns1)oc(=O)n2[C@H](C)c1ccccc1. The summed E-state index contributed by atoms with van der Waals surface area (Å²) in [6, 6.07) is 13.7. The number of anilines is 1. The summed E-state index contributed by atoms with van der Waals surface area (Å²) in [6.07, 6.45) is 1.51. The Kier molecular flexibility index (Phi) is 4.52. The van der Waals surface area contributed by atoms with Crippen molar-refractivity contribution in [3.05, 3.63) is 70.5 Å². The van der Waals surface area contributed by atoms with Crippen molar-refractivity contribution in [3.8, 4) is 0 Å². The van der Waals surface area contributed by atoms with Gasteiger partial charge in [-0.3, -0.25) is 4.57 Å². The van der Waals surface area contributed by atoms with Gasteiger partial charge < -0.3 is 9.14 Å². The molecule has 2 aromatic heterocycles. The fourth-order valence-electron chi connectivity index (χ4n) is 2.84. The fourth-order valence-corrected chi connectivity index (χ4v) is 4.04. The first-order valence-corrected chi connectivity index (χ1v) is 9.62. The Labute approximate surface area is 158 Å². The number of rotatable bonds is 5. The van der Waals surface area contributed by atoms with Crippen LogP contribution in [0.25, 0.3) is 11.1 Å². The van der Waals surface area contributed by atoms with E-state index in [0.29, 0.717) is 5.58 Å². The fraction of sp³-hybridized carbons (Fsp3) is 0.167. The van der Waals surface area contributed by atoms with E-state index in [1.807, 2.05) is 56.3 Å². The van der Waals surface area contributed by atoms with Crippen LogP contribution in [0.2, 0.25) is 0 Å². The van der Waals surface area contributed by atoms with Gasteiger partial charge in [-0.15, -0.1) is 0 Å². The van der Waals surface area contributed by atoms with E-state index in [4.69, 9.17) is 4.42 Å². The molecule has 0 fully saturated rings. The Balaban J connectivity index is 1.71. The van der Waals surface area contributed by atoms with Crippen LogP contribution in [0, 0.1) is 6.92 Å². The quantitative estimate of drug-likeness (QED) is 0.511. The van der Waals surface area contributed by atoms with Crippen LogP contribution in [-0.2, 0) is 0 Å². The van der Waals surface area contributed by atoms with E-state index in [-0.39, 0.29) is 11.8 Å². The molecule has 1 N–H and O–H groups in total. The van der Waals surface area contributed by atoms with Crippen LogP contribution in [0.5, 0.6) is 0 Å². The molecule has 0 amide bonds. The first-order valence-electron chi connectivity index (χ1n) is 8.03. The van der Waals surface area contributed by atoms with E-state index in [1.54, 1.807) is 4.57 Å². The van der Waals surface area contributed by atoms with Gasteiger partial charge in [-0.05, 0) is 49.1 Å². The lowest BCUT2D eigenvalue weighted by Gasteiger charge is -2.13. The summed E-state index contributed by atoms with van der Waals surface area (Å²) in [5.74, 6) is -0.352. The maximum absolute atomic E-state index is 12.5. The monoisotopic (exact) mass is 384 g/mol. The minimum Gasteiger partial charge on any atom is -0.408 e. The molecule has 0 aliphatic heterocycles. The predicted molar refractivity (Wildman–Crippen MR) is 105 cm³/mol. The molecule has 0 saturated carbocycles. The number of oxazole rings is 1. The van der Waals surface area contributed by atoms with Crippen molar-refractivity contribution in [2.75, 3.05) is 4.72 Å². The zero-order valence-corrected chi connectivity index (χ0v) is 15.8.